The molecule has 128 valence electrons. The van der Waals surface area contributed by atoms with Gasteiger partial charge < -0.3 is 13.9 Å². The van der Waals surface area contributed by atoms with Crippen molar-refractivity contribution < 1.29 is 13.9 Å². The van der Waals surface area contributed by atoms with E-state index in [0.29, 0.717) is 36.0 Å². The molecule has 7 heteroatoms. The minimum Gasteiger partial charge on any atom is -0.467 e. The zero-order valence-electron chi connectivity index (χ0n) is 14.4. The Morgan fingerprint density at radius 2 is 2.08 bits per heavy atom. The van der Waals surface area contributed by atoms with E-state index in [9.17, 15) is 0 Å². The molecule has 0 bridgehead atoms. The number of imidazole rings is 1. The van der Waals surface area contributed by atoms with Crippen molar-refractivity contribution in [2.75, 3.05) is 13.7 Å². The zero-order valence-corrected chi connectivity index (χ0v) is 14.4. The highest BCUT2D eigenvalue weighted by molar-refractivity contribution is 5.85. The molecule has 3 aromatic rings. The first-order chi connectivity index (χ1) is 11.5. The van der Waals surface area contributed by atoms with Crippen molar-refractivity contribution in [3.8, 4) is 17.5 Å². The summed E-state index contributed by atoms with van der Waals surface area (Å²) in [5.74, 6) is 0.625. The highest BCUT2D eigenvalue weighted by Gasteiger charge is 2.17. The van der Waals surface area contributed by atoms with Crippen LogP contribution in [0.25, 0.3) is 22.6 Å². The fourth-order valence-corrected chi connectivity index (χ4v) is 2.24. The molecule has 0 aliphatic carbocycles. The van der Waals surface area contributed by atoms with Crippen LogP contribution in [-0.4, -0.2) is 33.2 Å². The van der Waals surface area contributed by atoms with E-state index in [0.717, 1.165) is 6.42 Å². The molecule has 0 fully saturated rings. The number of ether oxygens (including phenoxy) is 2. The maximum absolute atomic E-state index is 5.76. The molecular formula is C17H22N4O3. The van der Waals surface area contributed by atoms with E-state index in [2.05, 4.69) is 35.7 Å². The smallest absolute Gasteiger partial charge is 0.318 e. The molecule has 3 rings (SSSR count). The molecule has 3 heterocycles. The van der Waals surface area contributed by atoms with Gasteiger partial charge in [0.05, 0.1) is 19.7 Å². The Bertz CT molecular complexity index is 803. The molecule has 0 saturated heterocycles. The van der Waals surface area contributed by atoms with Crippen LogP contribution in [-0.2, 0) is 11.5 Å². The number of nitrogens with zero attached hydrogens (tertiary/aromatic N) is 4. The molecule has 0 aliphatic rings. The lowest BCUT2D eigenvalue weighted by molar-refractivity contribution is 0.0607. The zero-order chi connectivity index (χ0) is 17.2. The average molecular weight is 330 g/mol. The maximum atomic E-state index is 5.76. The second-order valence-electron chi connectivity index (χ2n) is 6.77. The summed E-state index contributed by atoms with van der Waals surface area (Å²) in [6, 6.07) is 3.91. The second kappa shape index (κ2) is 6.60. The third-order valence-corrected chi connectivity index (χ3v) is 3.61. The summed E-state index contributed by atoms with van der Waals surface area (Å²) >= 11 is 0. The summed E-state index contributed by atoms with van der Waals surface area (Å²) in [7, 11) is 1.54. The minimum atomic E-state index is 0.245. The molecule has 0 saturated carbocycles. The van der Waals surface area contributed by atoms with Crippen LogP contribution in [0.1, 0.15) is 27.2 Å². The summed E-state index contributed by atoms with van der Waals surface area (Å²) < 4.78 is 18.3. The number of rotatable bonds is 6. The van der Waals surface area contributed by atoms with Gasteiger partial charge in [0.15, 0.2) is 11.4 Å². The fraction of sp³-hybridized carbons (Fsp3) is 0.471. The predicted molar refractivity (Wildman–Crippen MR) is 89.6 cm³/mol. The van der Waals surface area contributed by atoms with Crippen molar-refractivity contribution >= 4 is 11.2 Å². The summed E-state index contributed by atoms with van der Waals surface area (Å²) in [6.07, 6.45) is 4.28. The quantitative estimate of drug-likeness (QED) is 0.644. The summed E-state index contributed by atoms with van der Waals surface area (Å²) in [5, 5.41) is 0. The van der Waals surface area contributed by atoms with Gasteiger partial charge in [-0.25, -0.2) is 4.98 Å². The minimum absolute atomic E-state index is 0.245. The van der Waals surface area contributed by atoms with Crippen LogP contribution in [0, 0.1) is 5.41 Å². The van der Waals surface area contributed by atoms with Crippen molar-refractivity contribution in [2.45, 2.75) is 33.9 Å². The lowest BCUT2D eigenvalue weighted by atomic mass is 9.93. The van der Waals surface area contributed by atoms with Crippen molar-refractivity contribution in [1.29, 1.82) is 0 Å². The summed E-state index contributed by atoms with van der Waals surface area (Å²) in [4.78, 5) is 13.2. The van der Waals surface area contributed by atoms with Crippen LogP contribution in [0.5, 0.6) is 6.01 Å². The normalized spacial score (nSPS) is 12.0. The van der Waals surface area contributed by atoms with Crippen LogP contribution < -0.4 is 4.74 Å². The third-order valence-electron chi connectivity index (χ3n) is 3.61. The van der Waals surface area contributed by atoms with E-state index in [4.69, 9.17) is 13.9 Å². The molecular weight excluding hydrogens is 308 g/mol. The Kier molecular flexibility index (Phi) is 4.53. The molecule has 7 nitrogen and oxygen atoms in total. The molecule has 0 spiro atoms. The molecule has 0 aromatic carbocycles. The number of hydrogen-bond donors (Lipinski definition) is 0. The van der Waals surface area contributed by atoms with Gasteiger partial charge in [0.25, 0.3) is 0 Å². The van der Waals surface area contributed by atoms with Gasteiger partial charge in [-0.15, -0.1) is 0 Å². The first kappa shape index (κ1) is 16.4. The van der Waals surface area contributed by atoms with Crippen LogP contribution in [0.4, 0.5) is 0 Å². The van der Waals surface area contributed by atoms with Crippen molar-refractivity contribution in [3.63, 3.8) is 0 Å². The monoisotopic (exact) mass is 330 g/mol. The maximum Gasteiger partial charge on any atom is 0.318 e. The van der Waals surface area contributed by atoms with Gasteiger partial charge in [0.2, 0.25) is 0 Å². The highest BCUT2D eigenvalue weighted by atomic mass is 16.5. The third kappa shape index (κ3) is 3.56. The topological polar surface area (TPSA) is 75.2 Å². The van der Waals surface area contributed by atoms with E-state index in [-0.39, 0.29) is 11.4 Å². The van der Waals surface area contributed by atoms with Crippen LogP contribution >= 0.6 is 0 Å². The summed E-state index contributed by atoms with van der Waals surface area (Å²) in [5.41, 5.74) is 2.17. The van der Waals surface area contributed by atoms with Gasteiger partial charge in [-0.2, -0.15) is 9.97 Å². The lowest BCUT2D eigenvalue weighted by Gasteiger charge is -2.17. The average Bonchev–Trinajstić information content (AvgIpc) is 3.19. The SMILES string of the molecule is COc1nc(-c2ccco2)c2ncn(COCCC(C)(C)C)c2n1. The van der Waals surface area contributed by atoms with E-state index in [1.54, 1.807) is 12.6 Å². The van der Waals surface area contributed by atoms with Gasteiger partial charge in [-0.1, -0.05) is 20.8 Å². The molecule has 3 aromatic heterocycles. The molecule has 24 heavy (non-hydrogen) atoms. The van der Waals surface area contributed by atoms with Gasteiger partial charge in [0.1, 0.15) is 17.9 Å². The number of fused-ring (bicyclic) bond motifs is 1. The largest absolute Gasteiger partial charge is 0.467 e. The number of aromatic nitrogens is 4. The van der Waals surface area contributed by atoms with Gasteiger partial charge >= 0.3 is 6.01 Å². The highest BCUT2D eigenvalue weighted by Crippen LogP contribution is 2.27. The van der Waals surface area contributed by atoms with E-state index in [1.165, 1.54) is 7.11 Å². The Hall–Kier alpha value is -2.41. The fourth-order valence-electron chi connectivity index (χ4n) is 2.24. The first-order valence-corrected chi connectivity index (χ1v) is 7.86. The van der Waals surface area contributed by atoms with Crippen LogP contribution in [0.15, 0.2) is 29.1 Å². The molecule has 0 N–H and O–H groups in total. The standard InChI is InChI=1S/C17H22N4O3/c1-17(2,3)7-9-23-11-21-10-18-14-13(12-6-5-8-24-12)19-16(22-4)20-15(14)21/h5-6,8,10H,7,9,11H2,1-4H3. The molecule has 0 radical (unpaired) electrons. The lowest BCUT2D eigenvalue weighted by Crippen LogP contribution is -2.11. The Morgan fingerprint density at radius 1 is 1.25 bits per heavy atom. The summed E-state index contributed by atoms with van der Waals surface area (Å²) in [6.45, 7) is 7.63. The Labute approximate surface area is 140 Å². The van der Waals surface area contributed by atoms with E-state index < -0.39 is 0 Å². The van der Waals surface area contributed by atoms with Gasteiger partial charge in [-0.3, -0.25) is 4.57 Å². The number of hydrogen-bond acceptors (Lipinski definition) is 6. The van der Waals surface area contributed by atoms with Crippen LogP contribution in [0.2, 0.25) is 0 Å². The van der Waals surface area contributed by atoms with E-state index >= 15 is 0 Å². The predicted octanol–water partition coefficient (Wildman–Crippen LogP) is 3.51. The number of furan rings is 1. The van der Waals surface area contributed by atoms with Crippen molar-refractivity contribution in [1.82, 2.24) is 19.5 Å². The van der Waals surface area contributed by atoms with Crippen molar-refractivity contribution in [3.05, 3.63) is 24.7 Å². The molecule has 0 amide bonds. The first-order valence-electron chi connectivity index (χ1n) is 7.86. The Morgan fingerprint density at radius 3 is 2.75 bits per heavy atom. The number of methoxy groups -OCH3 is 1. The van der Waals surface area contributed by atoms with Crippen molar-refractivity contribution in [2.24, 2.45) is 5.41 Å². The van der Waals surface area contributed by atoms with Crippen LogP contribution in [0.3, 0.4) is 0 Å². The molecule has 0 unspecified atom stereocenters. The Balaban J connectivity index is 1.87. The van der Waals surface area contributed by atoms with E-state index in [1.807, 2.05) is 16.7 Å². The van der Waals surface area contributed by atoms with Gasteiger partial charge in [-0.05, 0) is 24.0 Å². The molecule has 0 atom stereocenters. The second-order valence-corrected chi connectivity index (χ2v) is 6.77. The van der Waals surface area contributed by atoms with Gasteiger partial charge in [0, 0.05) is 6.61 Å². The molecule has 0 aliphatic heterocycles.